The highest BCUT2D eigenvalue weighted by atomic mass is 19.1. The first-order valence-electron chi connectivity index (χ1n) is 9.12. The molecule has 2 aromatic carbocycles. The number of rotatable bonds is 6. The highest BCUT2D eigenvalue weighted by Gasteiger charge is 2.32. The van der Waals surface area contributed by atoms with Crippen LogP contribution in [0.25, 0.3) is 0 Å². The summed E-state index contributed by atoms with van der Waals surface area (Å²) in [5.41, 5.74) is 8.35. The Kier molecular flexibility index (Phi) is 6.01. The van der Waals surface area contributed by atoms with E-state index in [9.17, 15) is 9.18 Å². The number of carbonyl (C=O) groups excluding carboxylic acids is 1. The second-order valence-electron chi connectivity index (χ2n) is 6.91. The fourth-order valence-corrected chi connectivity index (χ4v) is 3.62. The van der Waals surface area contributed by atoms with Crippen molar-refractivity contribution < 1.29 is 9.18 Å². The first-order valence-corrected chi connectivity index (χ1v) is 9.12. The highest BCUT2D eigenvalue weighted by molar-refractivity contribution is 5.78. The molecule has 138 valence electrons. The topological polar surface area (TPSA) is 49.6 Å². The second kappa shape index (κ2) is 8.43. The Morgan fingerprint density at radius 2 is 1.96 bits per heavy atom. The average Bonchev–Trinajstić information content (AvgIpc) is 3.00. The SMILES string of the molecule is CCN(Cc1cccc(F)c1)C(=O)CN1C[C@@H](N)[C@H](c2ccccc2)C1. The van der Waals surface area contributed by atoms with E-state index in [-0.39, 0.29) is 23.7 Å². The lowest BCUT2D eigenvalue weighted by atomic mass is 9.95. The molecule has 26 heavy (non-hydrogen) atoms. The number of halogens is 1. The number of hydrogen-bond acceptors (Lipinski definition) is 3. The van der Waals surface area contributed by atoms with Crippen molar-refractivity contribution >= 4 is 5.91 Å². The van der Waals surface area contributed by atoms with Gasteiger partial charge in [-0.05, 0) is 30.2 Å². The van der Waals surface area contributed by atoms with E-state index >= 15 is 0 Å². The summed E-state index contributed by atoms with van der Waals surface area (Å²) >= 11 is 0. The first-order chi connectivity index (χ1) is 12.6. The summed E-state index contributed by atoms with van der Waals surface area (Å²) in [5.74, 6) is 0.0298. The average molecular weight is 355 g/mol. The van der Waals surface area contributed by atoms with Crippen molar-refractivity contribution in [2.45, 2.75) is 25.4 Å². The molecule has 0 unspecified atom stereocenters. The maximum Gasteiger partial charge on any atom is 0.237 e. The van der Waals surface area contributed by atoms with Crippen molar-refractivity contribution in [3.05, 3.63) is 71.5 Å². The molecule has 3 rings (SSSR count). The number of hydrogen-bond donors (Lipinski definition) is 1. The first kappa shape index (κ1) is 18.5. The van der Waals surface area contributed by atoms with Crippen LogP contribution in [0.2, 0.25) is 0 Å². The van der Waals surface area contributed by atoms with Crippen LogP contribution in [0.1, 0.15) is 24.0 Å². The molecule has 1 amide bonds. The molecular formula is C21H26FN3O. The smallest absolute Gasteiger partial charge is 0.237 e. The van der Waals surface area contributed by atoms with Crippen molar-refractivity contribution in [2.24, 2.45) is 5.73 Å². The van der Waals surface area contributed by atoms with Gasteiger partial charge in [-0.15, -0.1) is 0 Å². The molecular weight excluding hydrogens is 329 g/mol. The third kappa shape index (κ3) is 4.48. The predicted molar refractivity (Wildman–Crippen MR) is 101 cm³/mol. The zero-order chi connectivity index (χ0) is 18.5. The van der Waals surface area contributed by atoms with E-state index in [4.69, 9.17) is 5.73 Å². The van der Waals surface area contributed by atoms with Gasteiger partial charge in [-0.2, -0.15) is 0 Å². The summed E-state index contributed by atoms with van der Waals surface area (Å²) in [5, 5.41) is 0. The van der Waals surface area contributed by atoms with Crippen LogP contribution in [-0.2, 0) is 11.3 Å². The minimum Gasteiger partial charge on any atom is -0.338 e. The fraction of sp³-hybridized carbons (Fsp3) is 0.381. The largest absolute Gasteiger partial charge is 0.338 e. The summed E-state index contributed by atoms with van der Waals surface area (Å²) in [6.45, 7) is 4.81. The van der Waals surface area contributed by atoms with Gasteiger partial charge in [-0.1, -0.05) is 42.5 Å². The fourth-order valence-electron chi connectivity index (χ4n) is 3.62. The monoisotopic (exact) mass is 355 g/mol. The van der Waals surface area contributed by atoms with E-state index in [1.54, 1.807) is 11.0 Å². The van der Waals surface area contributed by atoms with Crippen LogP contribution in [0.15, 0.2) is 54.6 Å². The third-order valence-corrected chi connectivity index (χ3v) is 5.02. The summed E-state index contributed by atoms with van der Waals surface area (Å²) in [4.78, 5) is 16.6. The van der Waals surface area contributed by atoms with Gasteiger partial charge in [-0.25, -0.2) is 4.39 Å². The van der Waals surface area contributed by atoms with E-state index < -0.39 is 0 Å². The molecule has 1 aliphatic rings. The minimum absolute atomic E-state index is 0.0310. The standard InChI is InChI=1S/C21H26FN3O/c1-2-25(12-16-7-6-10-18(22)11-16)21(26)15-24-13-19(20(23)14-24)17-8-4-3-5-9-17/h3-11,19-20H,2,12-15,23H2,1H3/t19-,20+/m0/s1. The second-order valence-corrected chi connectivity index (χ2v) is 6.91. The Bertz CT molecular complexity index is 737. The van der Waals surface area contributed by atoms with Gasteiger partial charge >= 0.3 is 0 Å². The molecule has 0 saturated carbocycles. The van der Waals surface area contributed by atoms with Gasteiger partial charge < -0.3 is 10.6 Å². The quantitative estimate of drug-likeness (QED) is 0.867. The number of carbonyl (C=O) groups is 1. The highest BCUT2D eigenvalue weighted by Crippen LogP contribution is 2.26. The number of amides is 1. The van der Waals surface area contributed by atoms with E-state index in [2.05, 4.69) is 17.0 Å². The van der Waals surface area contributed by atoms with Crippen molar-refractivity contribution in [1.82, 2.24) is 9.80 Å². The van der Waals surface area contributed by atoms with Crippen molar-refractivity contribution in [3.63, 3.8) is 0 Å². The molecule has 2 aromatic rings. The van der Waals surface area contributed by atoms with Crippen LogP contribution in [-0.4, -0.2) is 47.9 Å². The van der Waals surface area contributed by atoms with Crippen LogP contribution < -0.4 is 5.73 Å². The molecule has 1 saturated heterocycles. The van der Waals surface area contributed by atoms with Crippen LogP contribution in [0.4, 0.5) is 4.39 Å². The molecule has 5 heteroatoms. The van der Waals surface area contributed by atoms with E-state index in [1.165, 1.54) is 17.7 Å². The molecule has 2 N–H and O–H groups in total. The van der Waals surface area contributed by atoms with Crippen molar-refractivity contribution in [1.29, 1.82) is 0 Å². The van der Waals surface area contributed by atoms with Gasteiger partial charge in [0, 0.05) is 38.1 Å². The Morgan fingerprint density at radius 3 is 2.65 bits per heavy atom. The molecule has 0 bridgehead atoms. The lowest BCUT2D eigenvalue weighted by molar-refractivity contribution is -0.132. The minimum atomic E-state index is -0.276. The van der Waals surface area contributed by atoms with Crippen molar-refractivity contribution in [3.8, 4) is 0 Å². The Labute approximate surface area is 154 Å². The summed E-state index contributed by atoms with van der Waals surface area (Å²) in [6, 6.07) is 16.7. The van der Waals surface area contributed by atoms with Crippen LogP contribution >= 0.6 is 0 Å². The number of benzene rings is 2. The molecule has 4 nitrogen and oxygen atoms in total. The van der Waals surface area contributed by atoms with Gasteiger partial charge in [0.2, 0.25) is 5.91 Å². The maximum absolute atomic E-state index is 13.4. The number of nitrogens with two attached hydrogens (primary N) is 1. The summed E-state index contributed by atoms with van der Waals surface area (Å²) in [7, 11) is 0. The van der Waals surface area contributed by atoms with Crippen LogP contribution in [0.3, 0.4) is 0 Å². The van der Waals surface area contributed by atoms with E-state index in [0.29, 0.717) is 26.2 Å². The van der Waals surface area contributed by atoms with Crippen LogP contribution in [0.5, 0.6) is 0 Å². The van der Waals surface area contributed by atoms with Crippen molar-refractivity contribution in [2.75, 3.05) is 26.2 Å². The molecule has 0 spiro atoms. The van der Waals surface area contributed by atoms with E-state index in [0.717, 1.165) is 12.1 Å². The predicted octanol–water partition coefficient (Wildman–Crippen LogP) is 2.60. The molecule has 0 aromatic heterocycles. The maximum atomic E-state index is 13.4. The lowest BCUT2D eigenvalue weighted by Gasteiger charge is -2.24. The molecule has 1 aliphatic heterocycles. The molecule has 2 atom stereocenters. The van der Waals surface area contributed by atoms with Gasteiger partial charge in [0.1, 0.15) is 5.82 Å². The third-order valence-electron chi connectivity index (χ3n) is 5.02. The zero-order valence-corrected chi connectivity index (χ0v) is 15.1. The molecule has 0 aliphatic carbocycles. The zero-order valence-electron chi connectivity index (χ0n) is 15.1. The lowest BCUT2D eigenvalue weighted by Crippen LogP contribution is -2.40. The number of nitrogens with zero attached hydrogens (tertiary/aromatic N) is 2. The number of likely N-dealkylation sites (tertiary alicyclic amines) is 1. The Balaban J connectivity index is 1.60. The van der Waals surface area contributed by atoms with Gasteiger partial charge in [-0.3, -0.25) is 9.69 Å². The van der Waals surface area contributed by atoms with E-state index in [1.807, 2.05) is 31.2 Å². The molecule has 1 heterocycles. The summed E-state index contributed by atoms with van der Waals surface area (Å²) in [6.07, 6.45) is 0. The summed E-state index contributed by atoms with van der Waals surface area (Å²) < 4.78 is 13.4. The van der Waals surface area contributed by atoms with Gasteiger partial charge in [0.15, 0.2) is 0 Å². The van der Waals surface area contributed by atoms with Gasteiger partial charge in [0.05, 0.1) is 6.54 Å². The Hall–Kier alpha value is -2.24. The normalized spacial score (nSPS) is 20.3. The molecule has 0 radical (unpaired) electrons. The number of likely N-dealkylation sites (N-methyl/N-ethyl adjacent to an activating group) is 1. The van der Waals surface area contributed by atoms with Crippen LogP contribution in [0, 0.1) is 5.82 Å². The molecule has 1 fully saturated rings. The Morgan fingerprint density at radius 1 is 1.19 bits per heavy atom. The van der Waals surface area contributed by atoms with Gasteiger partial charge in [0.25, 0.3) is 0 Å².